The minimum absolute atomic E-state index is 0.197. The van der Waals surface area contributed by atoms with E-state index in [9.17, 15) is 0 Å². The molecular formula is C84H52O. The average molecular weight is 1080 g/mol. The molecule has 394 valence electrons. The number of rotatable bonds is 5. The molecule has 1 atom stereocenters. The molecule has 1 heterocycles. The van der Waals surface area contributed by atoms with Crippen molar-refractivity contribution in [1.29, 1.82) is 0 Å². The third-order valence-corrected chi connectivity index (χ3v) is 20.3. The van der Waals surface area contributed by atoms with Gasteiger partial charge in [-0.3, -0.25) is 0 Å². The molecule has 0 saturated heterocycles. The average Bonchev–Trinajstić information content (AvgIpc) is 1.66. The molecule has 0 amide bonds. The summed E-state index contributed by atoms with van der Waals surface area (Å²) in [4.78, 5) is 0. The van der Waals surface area contributed by atoms with E-state index in [4.69, 9.17) is 4.74 Å². The molecule has 14 aromatic carbocycles. The molecule has 19 rings (SSSR count). The molecule has 5 aliphatic rings. The van der Waals surface area contributed by atoms with Crippen molar-refractivity contribution in [3.63, 3.8) is 0 Å². The van der Waals surface area contributed by atoms with Crippen molar-refractivity contribution in [1.82, 2.24) is 0 Å². The zero-order valence-corrected chi connectivity index (χ0v) is 46.4. The maximum atomic E-state index is 7.45. The first-order valence-corrected chi connectivity index (χ1v) is 29.9. The van der Waals surface area contributed by atoms with Crippen LogP contribution in [0.3, 0.4) is 0 Å². The van der Waals surface area contributed by atoms with Crippen molar-refractivity contribution in [2.24, 2.45) is 0 Å². The van der Waals surface area contributed by atoms with E-state index in [0.29, 0.717) is 0 Å². The summed E-state index contributed by atoms with van der Waals surface area (Å²) in [5, 5.41) is 4.54. The minimum atomic E-state index is -0.716. The summed E-state index contributed by atoms with van der Waals surface area (Å²) in [6.07, 6.45) is 0. The lowest BCUT2D eigenvalue weighted by atomic mass is 9.65. The zero-order valence-electron chi connectivity index (χ0n) is 46.4. The molecule has 14 aromatic rings. The van der Waals surface area contributed by atoms with Crippen molar-refractivity contribution in [2.75, 3.05) is 0 Å². The van der Waals surface area contributed by atoms with Crippen molar-refractivity contribution >= 4 is 21.5 Å². The number of benzene rings is 14. The predicted octanol–water partition coefficient (Wildman–Crippen LogP) is 20.3. The predicted molar refractivity (Wildman–Crippen MR) is 346 cm³/mol. The maximum absolute atomic E-state index is 7.45. The van der Waals surface area contributed by atoms with Crippen molar-refractivity contribution in [3.8, 4) is 56.0 Å². The van der Waals surface area contributed by atoms with E-state index < -0.39 is 16.2 Å². The fourth-order valence-corrected chi connectivity index (χ4v) is 17.1. The van der Waals surface area contributed by atoms with Crippen LogP contribution in [0.15, 0.2) is 309 Å². The molecule has 0 aromatic heterocycles. The first kappa shape index (κ1) is 46.9. The summed E-state index contributed by atoms with van der Waals surface area (Å²) in [7, 11) is 0. The van der Waals surface area contributed by atoms with Crippen LogP contribution < -0.4 is 4.74 Å². The van der Waals surface area contributed by atoms with Crippen LogP contribution in [-0.2, 0) is 16.2 Å². The van der Waals surface area contributed by atoms with Gasteiger partial charge in [0.1, 0.15) is 11.5 Å². The van der Waals surface area contributed by atoms with Gasteiger partial charge in [0.25, 0.3) is 0 Å². The number of ether oxygens (including phenoxy) is 1. The lowest BCUT2D eigenvalue weighted by Gasteiger charge is -2.40. The van der Waals surface area contributed by atoms with E-state index in [2.05, 4.69) is 309 Å². The van der Waals surface area contributed by atoms with Gasteiger partial charge in [0, 0.05) is 27.8 Å². The third-order valence-electron chi connectivity index (χ3n) is 20.3. The summed E-state index contributed by atoms with van der Waals surface area (Å²) >= 11 is 0. The van der Waals surface area contributed by atoms with Crippen molar-refractivity contribution in [3.05, 3.63) is 393 Å². The van der Waals surface area contributed by atoms with Crippen LogP contribution in [-0.4, -0.2) is 0 Å². The van der Waals surface area contributed by atoms with Gasteiger partial charge >= 0.3 is 0 Å². The van der Waals surface area contributed by atoms with Gasteiger partial charge in [-0.15, -0.1) is 0 Å². The highest BCUT2D eigenvalue weighted by Crippen LogP contribution is 2.66. The van der Waals surface area contributed by atoms with Gasteiger partial charge in [0.2, 0.25) is 0 Å². The van der Waals surface area contributed by atoms with E-state index in [1.807, 2.05) is 0 Å². The molecule has 0 fully saturated rings. The molecule has 0 N–H and O–H groups in total. The van der Waals surface area contributed by atoms with Crippen LogP contribution in [0.2, 0.25) is 0 Å². The van der Waals surface area contributed by atoms with Gasteiger partial charge in [-0.25, -0.2) is 0 Å². The standard InChI is InChI=1S/C84H52O/c1-3-23-57(24-4-1)82(58-25-5-2-6-26-58)69-34-16-15-33-65(69)68-49-54(43-46-74(68)82)79(55-39-44-66-63-31-13-19-37-72(63)83(77(66)50-55)70-35-17-11-29-61(70)62-30-12-18-36-71(62)83)56-40-45-67-64-32-14-20-38-73(64)84(78(67)51-56)75-47-41-52-21-7-9-27-59(52)80(75)85-81-60-28-10-8-22-53(60)42-48-76(81)84/h1-51,79H. The number of fused-ring (bicyclic) bond motifs is 26. The fraction of sp³-hybridized carbons (Fsp3) is 0.0476. The van der Waals surface area contributed by atoms with Crippen LogP contribution >= 0.6 is 0 Å². The van der Waals surface area contributed by atoms with Gasteiger partial charge < -0.3 is 4.74 Å². The highest BCUT2D eigenvalue weighted by molar-refractivity contribution is 6.01. The highest BCUT2D eigenvalue weighted by Gasteiger charge is 2.54. The molecule has 2 spiro atoms. The van der Waals surface area contributed by atoms with E-state index in [1.165, 1.54) is 117 Å². The monoisotopic (exact) mass is 1080 g/mol. The minimum Gasteiger partial charge on any atom is -0.455 e. The fourth-order valence-electron chi connectivity index (χ4n) is 17.1. The number of hydrogen-bond acceptors (Lipinski definition) is 1. The summed E-state index contributed by atoms with van der Waals surface area (Å²) < 4.78 is 7.45. The Bertz CT molecular complexity index is 4990. The molecule has 0 bridgehead atoms. The van der Waals surface area contributed by atoms with Gasteiger partial charge in [-0.1, -0.05) is 303 Å². The molecule has 4 aliphatic carbocycles. The van der Waals surface area contributed by atoms with Crippen LogP contribution in [0.5, 0.6) is 11.5 Å². The second kappa shape index (κ2) is 17.2. The van der Waals surface area contributed by atoms with Crippen molar-refractivity contribution < 1.29 is 4.74 Å². The summed E-state index contributed by atoms with van der Waals surface area (Å²) in [5.41, 5.74) is 27.6. The Morgan fingerprint density at radius 2 is 0.529 bits per heavy atom. The highest BCUT2D eigenvalue weighted by atomic mass is 16.5. The summed E-state index contributed by atoms with van der Waals surface area (Å²) in [5.74, 6) is 1.64. The zero-order chi connectivity index (χ0) is 55.6. The SMILES string of the molecule is c1ccc(C2(c3ccccc3)c3ccccc3-c3cc(C(c4ccc5c(c4)C4(c6ccccc6-c6ccccc64)c4ccccc4-5)c4ccc5c(c4)C4(c6ccccc6-5)c5ccc6ccccc6c5Oc5c4ccc4ccccc54)ccc32)cc1. The quantitative estimate of drug-likeness (QED) is 0.156. The maximum Gasteiger partial charge on any atom is 0.140 e. The molecule has 0 radical (unpaired) electrons. The van der Waals surface area contributed by atoms with Gasteiger partial charge in [-0.2, -0.15) is 0 Å². The number of hydrogen-bond donors (Lipinski definition) is 0. The smallest absolute Gasteiger partial charge is 0.140 e. The Morgan fingerprint density at radius 1 is 0.212 bits per heavy atom. The molecule has 1 unspecified atom stereocenters. The topological polar surface area (TPSA) is 9.23 Å². The lowest BCUT2D eigenvalue weighted by Crippen LogP contribution is -2.32. The van der Waals surface area contributed by atoms with Crippen LogP contribution in [0.4, 0.5) is 0 Å². The molecule has 85 heavy (non-hydrogen) atoms. The summed E-state index contributed by atoms with van der Waals surface area (Å²) in [6.45, 7) is 0. The van der Waals surface area contributed by atoms with Gasteiger partial charge in [-0.05, 0) is 134 Å². The third kappa shape index (κ3) is 5.92. The van der Waals surface area contributed by atoms with Crippen LogP contribution in [0.25, 0.3) is 66.1 Å². The van der Waals surface area contributed by atoms with E-state index in [1.54, 1.807) is 0 Å². The van der Waals surface area contributed by atoms with Crippen LogP contribution in [0, 0.1) is 0 Å². The van der Waals surface area contributed by atoms with Crippen LogP contribution in [0.1, 0.15) is 89.4 Å². The Balaban J connectivity index is 0.912. The molecular weight excluding hydrogens is 1020 g/mol. The largest absolute Gasteiger partial charge is 0.455 e. The molecule has 1 nitrogen and oxygen atoms in total. The summed E-state index contributed by atoms with van der Waals surface area (Å²) in [6, 6.07) is 118. The van der Waals surface area contributed by atoms with Gasteiger partial charge in [0.15, 0.2) is 0 Å². The van der Waals surface area contributed by atoms with Gasteiger partial charge in [0.05, 0.1) is 16.2 Å². The Morgan fingerprint density at radius 3 is 0.988 bits per heavy atom. The van der Waals surface area contributed by atoms with E-state index >= 15 is 0 Å². The van der Waals surface area contributed by atoms with E-state index in [-0.39, 0.29) is 5.92 Å². The Labute approximate surface area is 494 Å². The van der Waals surface area contributed by atoms with E-state index in [0.717, 1.165) is 44.2 Å². The second-order valence-electron chi connectivity index (χ2n) is 24.0. The Kier molecular flexibility index (Phi) is 9.52. The lowest BCUT2D eigenvalue weighted by molar-refractivity contribution is 0.447. The normalized spacial score (nSPS) is 15.2. The first-order chi connectivity index (χ1) is 42.2. The Hall–Kier alpha value is -10.6. The second-order valence-corrected chi connectivity index (χ2v) is 24.0. The van der Waals surface area contributed by atoms with Crippen molar-refractivity contribution in [2.45, 2.75) is 22.2 Å². The first-order valence-electron chi connectivity index (χ1n) is 29.9. The molecule has 0 saturated carbocycles. The molecule has 1 heteroatoms. The molecule has 1 aliphatic heterocycles.